The molecule has 0 heterocycles. The Balaban J connectivity index is 4.25. The third kappa shape index (κ3) is 5.11. The van der Waals surface area contributed by atoms with E-state index in [1.807, 2.05) is 6.92 Å². The first-order chi connectivity index (χ1) is 6.84. The molecule has 0 saturated heterocycles. The van der Waals surface area contributed by atoms with Crippen molar-refractivity contribution in [1.29, 1.82) is 0 Å². The largest absolute Gasteiger partial charge is 0.479 e. The highest BCUT2D eigenvalue weighted by Crippen LogP contribution is 2.16. The number of rotatable bonds is 7. The van der Waals surface area contributed by atoms with Crippen LogP contribution in [0.1, 0.15) is 40.5 Å². The van der Waals surface area contributed by atoms with E-state index in [0.29, 0.717) is 12.8 Å². The van der Waals surface area contributed by atoms with Crippen molar-refractivity contribution in [3.63, 3.8) is 0 Å². The first-order valence-electron chi connectivity index (χ1n) is 5.09. The Morgan fingerprint density at radius 3 is 2.27 bits per heavy atom. The smallest absolute Gasteiger partial charge is 0.338 e. The van der Waals surface area contributed by atoms with Gasteiger partial charge in [0.2, 0.25) is 6.10 Å². The van der Waals surface area contributed by atoms with Gasteiger partial charge in [0, 0.05) is 0 Å². The van der Waals surface area contributed by atoms with Crippen molar-refractivity contribution < 1.29 is 24.8 Å². The fraction of sp³-hybridized carbons (Fsp3) is 0.900. The molecular weight excluding hydrogens is 200 g/mol. The Labute approximate surface area is 89.9 Å². The molecule has 0 fully saturated rings. The van der Waals surface area contributed by atoms with Crippen molar-refractivity contribution >= 4 is 5.97 Å². The van der Waals surface area contributed by atoms with Crippen LogP contribution in [0.4, 0.5) is 0 Å². The maximum absolute atomic E-state index is 10.7. The Kier molecular flexibility index (Phi) is 5.79. The fourth-order valence-electron chi connectivity index (χ4n) is 0.725. The standard InChI is InChI=1S/C10H20O5/c1-5-7(11)8(9(12)13)14-15-10(3,4)6-2/h7-8,11H,5-6H2,1-4H3,(H,12,13). The molecule has 0 aliphatic heterocycles. The third-order valence-electron chi connectivity index (χ3n) is 2.24. The maximum Gasteiger partial charge on any atom is 0.338 e. The van der Waals surface area contributed by atoms with E-state index >= 15 is 0 Å². The molecule has 0 radical (unpaired) electrons. The molecule has 0 bridgehead atoms. The van der Waals surface area contributed by atoms with Crippen molar-refractivity contribution in [2.75, 3.05) is 0 Å². The number of carboxylic acid groups (broad SMARTS) is 1. The van der Waals surface area contributed by atoms with Crippen LogP contribution in [0, 0.1) is 0 Å². The van der Waals surface area contributed by atoms with Crippen LogP contribution in [0.25, 0.3) is 0 Å². The first-order valence-corrected chi connectivity index (χ1v) is 5.09. The molecule has 5 nitrogen and oxygen atoms in total. The van der Waals surface area contributed by atoms with Gasteiger partial charge in [-0.15, -0.1) is 0 Å². The van der Waals surface area contributed by atoms with Gasteiger partial charge in [-0.05, 0) is 26.7 Å². The third-order valence-corrected chi connectivity index (χ3v) is 2.24. The summed E-state index contributed by atoms with van der Waals surface area (Å²) in [6.45, 7) is 7.14. The summed E-state index contributed by atoms with van der Waals surface area (Å²) in [4.78, 5) is 20.5. The van der Waals surface area contributed by atoms with Gasteiger partial charge in [-0.25, -0.2) is 14.6 Å². The van der Waals surface area contributed by atoms with Gasteiger partial charge in [0.15, 0.2) is 0 Å². The number of hydrogen-bond donors (Lipinski definition) is 2. The van der Waals surface area contributed by atoms with E-state index in [9.17, 15) is 9.90 Å². The molecule has 0 amide bonds. The van der Waals surface area contributed by atoms with Crippen LogP contribution < -0.4 is 0 Å². The summed E-state index contributed by atoms with van der Waals surface area (Å²) in [6.07, 6.45) is -1.41. The van der Waals surface area contributed by atoms with Crippen molar-refractivity contribution in [1.82, 2.24) is 0 Å². The molecule has 0 aromatic rings. The zero-order chi connectivity index (χ0) is 12.1. The Hall–Kier alpha value is -0.650. The van der Waals surface area contributed by atoms with Crippen LogP contribution in [0.15, 0.2) is 0 Å². The number of aliphatic carboxylic acids is 1. The molecule has 5 heteroatoms. The van der Waals surface area contributed by atoms with Gasteiger partial charge in [-0.3, -0.25) is 0 Å². The maximum atomic E-state index is 10.7. The van der Waals surface area contributed by atoms with Crippen molar-refractivity contribution in [3.05, 3.63) is 0 Å². The molecule has 0 spiro atoms. The second kappa shape index (κ2) is 6.05. The summed E-state index contributed by atoms with van der Waals surface area (Å²) < 4.78 is 0. The quantitative estimate of drug-likeness (QED) is 0.500. The highest BCUT2D eigenvalue weighted by Gasteiger charge is 2.30. The minimum Gasteiger partial charge on any atom is -0.479 e. The molecule has 0 rings (SSSR count). The molecule has 0 aliphatic rings. The minimum absolute atomic E-state index is 0.298. The fourth-order valence-corrected chi connectivity index (χ4v) is 0.725. The molecule has 15 heavy (non-hydrogen) atoms. The van der Waals surface area contributed by atoms with Gasteiger partial charge < -0.3 is 10.2 Å². The summed E-state index contributed by atoms with van der Waals surface area (Å²) >= 11 is 0. The van der Waals surface area contributed by atoms with Crippen LogP contribution >= 0.6 is 0 Å². The zero-order valence-corrected chi connectivity index (χ0v) is 9.69. The van der Waals surface area contributed by atoms with E-state index < -0.39 is 23.8 Å². The monoisotopic (exact) mass is 220 g/mol. The lowest BCUT2D eigenvalue weighted by Crippen LogP contribution is -2.39. The lowest BCUT2D eigenvalue weighted by atomic mass is 10.1. The van der Waals surface area contributed by atoms with E-state index in [4.69, 9.17) is 14.9 Å². The van der Waals surface area contributed by atoms with E-state index in [1.165, 1.54) is 0 Å². The van der Waals surface area contributed by atoms with E-state index in [-0.39, 0.29) is 0 Å². The average Bonchev–Trinajstić information content (AvgIpc) is 2.17. The van der Waals surface area contributed by atoms with E-state index in [2.05, 4.69) is 0 Å². The Bertz CT molecular complexity index is 202. The Morgan fingerprint density at radius 1 is 1.40 bits per heavy atom. The van der Waals surface area contributed by atoms with Gasteiger partial charge in [0.1, 0.15) is 0 Å². The number of aliphatic hydroxyl groups excluding tert-OH is 1. The van der Waals surface area contributed by atoms with Gasteiger partial charge in [-0.1, -0.05) is 13.8 Å². The highest BCUT2D eigenvalue weighted by molar-refractivity contribution is 5.72. The first kappa shape index (κ1) is 14.3. The van der Waals surface area contributed by atoms with Gasteiger partial charge in [-0.2, -0.15) is 0 Å². The van der Waals surface area contributed by atoms with Gasteiger partial charge >= 0.3 is 5.97 Å². The lowest BCUT2D eigenvalue weighted by Gasteiger charge is -2.25. The molecule has 0 aromatic carbocycles. The zero-order valence-electron chi connectivity index (χ0n) is 9.69. The lowest BCUT2D eigenvalue weighted by molar-refractivity contribution is -0.381. The van der Waals surface area contributed by atoms with E-state index in [0.717, 1.165) is 0 Å². The molecular formula is C10H20O5. The highest BCUT2D eigenvalue weighted by atomic mass is 17.2. The number of aliphatic hydroxyl groups is 1. The molecule has 2 N–H and O–H groups in total. The molecule has 2 atom stereocenters. The number of hydrogen-bond acceptors (Lipinski definition) is 4. The normalized spacial score (nSPS) is 16.1. The van der Waals surface area contributed by atoms with Crippen LogP contribution in [-0.4, -0.2) is 34.0 Å². The predicted octanol–water partition coefficient (Wildman–Crippen LogP) is 1.35. The van der Waals surface area contributed by atoms with Crippen LogP contribution in [0.2, 0.25) is 0 Å². The average molecular weight is 220 g/mol. The van der Waals surface area contributed by atoms with Crippen molar-refractivity contribution in [2.45, 2.75) is 58.3 Å². The molecule has 0 aromatic heterocycles. The van der Waals surface area contributed by atoms with Gasteiger partial charge in [0.25, 0.3) is 0 Å². The van der Waals surface area contributed by atoms with Gasteiger partial charge in [0.05, 0.1) is 11.7 Å². The second-order valence-corrected chi connectivity index (χ2v) is 4.03. The summed E-state index contributed by atoms with van der Waals surface area (Å²) in [5.74, 6) is -1.23. The summed E-state index contributed by atoms with van der Waals surface area (Å²) in [6, 6.07) is 0. The Morgan fingerprint density at radius 2 is 1.93 bits per heavy atom. The molecule has 90 valence electrons. The SMILES string of the molecule is CCC(O)C(OOC(C)(C)CC)C(=O)O. The summed E-state index contributed by atoms with van der Waals surface area (Å²) in [5, 5.41) is 18.2. The summed E-state index contributed by atoms with van der Waals surface area (Å²) in [5.41, 5.74) is -0.554. The minimum atomic E-state index is -1.33. The second-order valence-electron chi connectivity index (χ2n) is 4.03. The molecule has 0 saturated carbocycles. The van der Waals surface area contributed by atoms with Crippen LogP contribution in [0.3, 0.4) is 0 Å². The van der Waals surface area contributed by atoms with E-state index in [1.54, 1.807) is 20.8 Å². The molecule has 0 aliphatic carbocycles. The predicted molar refractivity (Wildman–Crippen MR) is 54.3 cm³/mol. The summed E-state index contributed by atoms with van der Waals surface area (Å²) in [7, 11) is 0. The van der Waals surface area contributed by atoms with Crippen LogP contribution in [-0.2, 0) is 14.6 Å². The van der Waals surface area contributed by atoms with Crippen molar-refractivity contribution in [3.8, 4) is 0 Å². The number of carboxylic acids is 1. The molecule has 2 unspecified atom stereocenters. The number of carbonyl (C=O) groups is 1. The van der Waals surface area contributed by atoms with Crippen molar-refractivity contribution in [2.24, 2.45) is 0 Å². The topological polar surface area (TPSA) is 76.0 Å². The van der Waals surface area contributed by atoms with Crippen LogP contribution in [0.5, 0.6) is 0 Å².